The normalized spacial score (nSPS) is 17.6. The Kier molecular flexibility index (Phi) is 6.41. The van der Waals surface area contributed by atoms with Gasteiger partial charge in [-0.2, -0.15) is 18.2 Å². The van der Waals surface area contributed by atoms with E-state index in [1.807, 2.05) is 32.0 Å². The number of nitrogens with zero attached hydrogens (tertiary/aromatic N) is 2. The molecule has 184 valence electrons. The van der Waals surface area contributed by atoms with Crippen LogP contribution < -0.4 is 14.8 Å². The molecule has 0 saturated heterocycles. The van der Waals surface area contributed by atoms with Gasteiger partial charge in [0.2, 0.25) is 11.8 Å². The Morgan fingerprint density at radius 3 is 2.43 bits per heavy atom. The number of anilines is 1. The van der Waals surface area contributed by atoms with Crippen molar-refractivity contribution in [2.24, 2.45) is 0 Å². The van der Waals surface area contributed by atoms with Crippen LogP contribution in [0.1, 0.15) is 27.9 Å². The number of sulfonamides is 1. The molecule has 1 amide bonds. The van der Waals surface area contributed by atoms with Crippen molar-refractivity contribution in [2.75, 3.05) is 11.3 Å². The lowest BCUT2D eigenvalue weighted by atomic mass is 10.00. The molecule has 1 aliphatic heterocycles. The van der Waals surface area contributed by atoms with Crippen molar-refractivity contribution in [1.82, 2.24) is 15.3 Å². The number of benzene rings is 2. The van der Waals surface area contributed by atoms with Crippen molar-refractivity contribution in [3.05, 3.63) is 65.2 Å². The molecule has 0 saturated carbocycles. The third kappa shape index (κ3) is 5.70. The first-order chi connectivity index (χ1) is 16.4. The van der Waals surface area contributed by atoms with E-state index >= 15 is 0 Å². The highest BCUT2D eigenvalue weighted by molar-refractivity contribution is 7.92. The Morgan fingerprint density at radius 2 is 1.74 bits per heavy atom. The van der Waals surface area contributed by atoms with Gasteiger partial charge in [0.05, 0.1) is 23.1 Å². The predicted molar refractivity (Wildman–Crippen MR) is 122 cm³/mol. The molecular weight excluding hydrogens is 485 g/mol. The highest BCUT2D eigenvalue weighted by atomic mass is 32.2. The summed E-state index contributed by atoms with van der Waals surface area (Å²) in [6, 6.07) is 10.4. The second kappa shape index (κ2) is 9.17. The van der Waals surface area contributed by atoms with Gasteiger partial charge in [-0.1, -0.05) is 24.3 Å². The average Bonchev–Trinajstić information content (AvgIpc) is 2.76. The van der Waals surface area contributed by atoms with Crippen molar-refractivity contribution in [3.8, 4) is 17.1 Å². The minimum atomic E-state index is -4.58. The lowest BCUT2D eigenvalue weighted by molar-refractivity contribution is -0.141. The molecule has 0 fully saturated rings. The zero-order valence-corrected chi connectivity index (χ0v) is 19.5. The second-order valence-corrected chi connectivity index (χ2v) is 9.80. The van der Waals surface area contributed by atoms with Crippen LogP contribution in [0.2, 0.25) is 0 Å². The van der Waals surface area contributed by atoms with Crippen LogP contribution in [0.3, 0.4) is 0 Å². The number of hydrogen-bond donors (Lipinski definition) is 2. The number of amides is 1. The molecule has 4 bridgehead atoms. The van der Waals surface area contributed by atoms with Gasteiger partial charge in [0.25, 0.3) is 15.9 Å². The molecule has 0 unspecified atom stereocenters. The number of aryl methyl sites for hydroxylation is 2. The van der Waals surface area contributed by atoms with E-state index in [2.05, 4.69) is 20.0 Å². The quantitative estimate of drug-likeness (QED) is 0.544. The molecule has 35 heavy (non-hydrogen) atoms. The Morgan fingerprint density at radius 1 is 1.06 bits per heavy atom. The fraction of sp³-hybridized carbons (Fsp3) is 0.261. The molecule has 2 heterocycles. The molecule has 3 aromatic rings. The maximum absolute atomic E-state index is 13.2. The third-order valence-electron chi connectivity index (χ3n) is 5.32. The van der Waals surface area contributed by atoms with Gasteiger partial charge in [-0.05, 0) is 43.2 Å². The van der Waals surface area contributed by atoms with E-state index in [4.69, 9.17) is 4.74 Å². The number of alkyl halides is 3. The SMILES string of the molecule is Cc1cccc(C)c1-c1cc2nc(n1)NS(=O)(=O)c1cccc(c1)C(=O)N[C@@H](CC(F)(F)F)CO2. The molecule has 1 aliphatic rings. The molecule has 2 aromatic carbocycles. The second-order valence-electron chi connectivity index (χ2n) is 8.12. The maximum Gasteiger partial charge on any atom is 0.391 e. The Labute approximate surface area is 199 Å². The Balaban J connectivity index is 1.86. The molecular formula is C23H21F3N4O4S. The van der Waals surface area contributed by atoms with Crippen LogP contribution in [-0.4, -0.2) is 43.1 Å². The van der Waals surface area contributed by atoms with Crippen LogP contribution in [-0.2, 0) is 10.0 Å². The zero-order valence-electron chi connectivity index (χ0n) is 18.7. The van der Waals surface area contributed by atoms with Crippen molar-refractivity contribution in [3.63, 3.8) is 0 Å². The predicted octanol–water partition coefficient (Wildman–Crippen LogP) is 4.00. The number of rotatable bonds is 2. The monoisotopic (exact) mass is 506 g/mol. The number of halogens is 3. The number of fused-ring (bicyclic) bond motifs is 4. The van der Waals surface area contributed by atoms with Crippen molar-refractivity contribution >= 4 is 21.9 Å². The van der Waals surface area contributed by atoms with E-state index in [0.717, 1.165) is 17.2 Å². The highest BCUT2D eigenvalue weighted by Crippen LogP contribution is 2.30. The summed E-state index contributed by atoms with van der Waals surface area (Å²) in [4.78, 5) is 20.7. The average molecular weight is 507 g/mol. The lowest BCUT2D eigenvalue weighted by Gasteiger charge is -2.21. The minimum Gasteiger partial charge on any atom is -0.475 e. The van der Waals surface area contributed by atoms with Gasteiger partial charge in [0.15, 0.2) is 0 Å². The Hall–Kier alpha value is -3.67. The molecule has 1 aromatic heterocycles. The van der Waals surface area contributed by atoms with Crippen molar-refractivity contribution < 1.29 is 31.1 Å². The summed E-state index contributed by atoms with van der Waals surface area (Å²) in [5, 5.41) is 2.28. The van der Waals surface area contributed by atoms with E-state index in [0.29, 0.717) is 11.3 Å². The van der Waals surface area contributed by atoms with Crippen LogP contribution in [0, 0.1) is 13.8 Å². The van der Waals surface area contributed by atoms with Crippen molar-refractivity contribution in [2.45, 2.75) is 37.4 Å². The van der Waals surface area contributed by atoms with Gasteiger partial charge in [0, 0.05) is 17.2 Å². The van der Waals surface area contributed by atoms with Crippen LogP contribution in [0.25, 0.3) is 11.3 Å². The van der Waals surface area contributed by atoms with E-state index in [1.165, 1.54) is 24.3 Å². The van der Waals surface area contributed by atoms with Crippen LogP contribution in [0.4, 0.5) is 19.1 Å². The first kappa shape index (κ1) is 24.5. The summed E-state index contributed by atoms with van der Waals surface area (Å²) in [6.45, 7) is 3.13. The third-order valence-corrected chi connectivity index (χ3v) is 6.64. The van der Waals surface area contributed by atoms with Gasteiger partial charge < -0.3 is 10.1 Å². The van der Waals surface area contributed by atoms with E-state index in [1.54, 1.807) is 0 Å². The highest BCUT2D eigenvalue weighted by Gasteiger charge is 2.34. The molecule has 1 atom stereocenters. The standard InChI is InChI=1S/C23H21F3N4O4S/c1-13-5-3-6-14(2)20(13)18-10-19-29-22(28-18)30-35(32,33)17-8-4-7-15(9-17)21(31)27-16(12-34-19)11-23(24,25)26/h3-10,16H,11-12H2,1-2H3,(H,27,31)(H,28,29,30)/t16-/m0/s1. The Bertz CT molecular complexity index is 1370. The van der Waals surface area contributed by atoms with Gasteiger partial charge in [-0.25, -0.2) is 18.1 Å². The van der Waals surface area contributed by atoms with Gasteiger partial charge in [-0.3, -0.25) is 4.79 Å². The number of aromatic nitrogens is 2. The minimum absolute atomic E-state index is 0.122. The van der Waals surface area contributed by atoms with E-state index in [9.17, 15) is 26.4 Å². The fourth-order valence-electron chi connectivity index (χ4n) is 3.76. The van der Waals surface area contributed by atoms with E-state index in [-0.39, 0.29) is 22.3 Å². The number of nitrogens with one attached hydrogen (secondary N) is 2. The van der Waals surface area contributed by atoms with E-state index < -0.39 is 41.2 Å². The summed E-state index contributed by atoms with van der Waals surface area (Å²) in [7, 11) is -4.23. The first-order valence-electron chi connectivity index (χ1n) is 10.5. The smallest absolute Gasteiger partial charge is 0.391 e. The summed E-state index contributed by atoms with van der Waals surface area (Å²) in [5.74, 6) is -1.34. The first-order valence-corrected chi connectivity index (χ1v) is 12.0. The summed E-state index contributed by atoms with van der Waals surface area (Å²) >= 11 is 0. The van der Waals surface area contributed by atoms with Gasteiger partial charge >= 0.3 is 6.18 Å². The summed E-state index contributed by atoms with van der Waals surface area (Å²) in [6.07, 6.45) is -5.93. The largest absolute Gasteiger partial charge is 0.475 e. The molecule has 0 spiro atoms. The number of ether oxygens (including phenoxy) is 1. The van der Waals surface area contributed by atoms with Crippen LogP contribution >= 0.6 is 0 Å². The number of carbonyl (C=O) groups excluding carboxylic acids is 1. The fourth-order valence-corrected chi connectivity index (χ4v) is 4.75. The molecule has 2 N–H and O–H groups in total. The molecule has 0 aliphatic carbocycles. The molecule has 0 radical (unpaired) electrons. The number of hydrogen-bond acceptors (Lipinski definition) is 6. The van der Waals surface area contributed by atoms with Crippen molar-refractivity contribution in [1.29, 1.82) is 0 Å². The zero-order chi connectivity index (χ0) is 25.4. The lowest BCUT2D eigenvalue weighted by Crippen LogP contribution is -2.42. The molecule has 12 heteroatoms. The summed E-state index contributed by atoms with van der Waals surface area (Å²) in [5.41, 5.74) is 2.59. The van der Waals surface area contributed by atoms with Gasteiger partial charge in [-0.15, -0.1) is 0 Å². The van der Waals surface area contributed by atoms with Crippen LogP contribution in [0.5, 0.6) is 5.88 Å². The number of carbonyl (C=O) groups is 1. The molecule has 8 nitrogen and oxygen atoms in total. The molecule has 4 rings (SSSR count). The maximum atomic E-state index is 13.2. The van der Waals surface area contributed by atoms with Crippen LogP contribution in [0.15, 0.2) is 53.4 Å². The van der Waals surface area contributed by atoms with Gasteiger partial charge in [0.1, 0.15) is 6.61 Å². The topological polar surface area (TPSA) is 110 Å². The summed E-state index contributed by atoms with van der Waals surface area (Å²) < 4.78 is 73.3.